The zero-order chi connectivity index (χ0) is 14.6. The van der Waals surface area contributed by atoms with E-state index in [0.717, 1.165) is 24.3 Å². The Morgan fingerprint density at radius 2 is 1.95 bits per heavy atom. The van der Waals surface area contributed by atoms with Crippen molar-refractivity contribution in [2.45, 2.75) is 58.5 Å². The first-order valence-corrected chi connectivity index (χ1v) is 7.48. The van der Waals surface area contributed by atoms with E-state index < -0.39 is 0 Å². The number of rotatable bonds is 6. The molecule has 2 nitrogen and oxygen atoms in total. The molecule has 0 aromatic heterocycles. The Balaban J connectivity index is 3.17. The monoisotopic (exact) mass is 282 g/mol. The lowest BCUT2D eigenvalue weighted by Crippen LogP contribution is -2.41. The van der Waals surface area contributed by atoms with E-state index >= 15 is 0 Å². The van der Waals surface area contributed by atoms with Crippen molar-refractivity contribution in [2.24, 2.45) is 5.73 Å². The van der Waals surface area contributed by atoms with E-state index in [1.807, 2.05) is 12.1 Å². The van der Waals surface area contributed by atoms with Gasteiger partial charge in [-0.3, -0.25) is 0 Å². The first-order valence-electron chi connectivity index (χ1n) is 7.10. The minimum Gasteiger partial charge on any atom is -0.369 e. The van der Waals surface area contributed by atoms with Crippen LogP contribution in [0.15, 0.2) is 18.2 Å². The lowest BCUT2D eigenvalue weighted by atomic mass is 9.96. The van der Waals surface area contributed by atoms with Crippen LogP contribution >= 0.6 is 11.6 Å². The summed E-state index contributed by atoms with van der Waals surface area (Å²) in [5, 5.41) is 0.820. The predicted octanol–water partition coefficient (Wildman–Crippen LogP) is 4.24. The molecule has 3 heteroatoms. The summed E-state index contributed by atoms with van der Waals surface area (Å²) >= 11 is 6.39. The summed E-state index contributed by atoms with van der Waals surface area (Å²) in [6.07, 6.45) is 2.87. The predicted molar refractivity (Wildman–Crippen MR) is 86.2 cm³/mol. The fraction of sp³-hybridized carbons (Fsp3) is 0.625. The highest BCUT2D eigenvalue weighted by atomic mass is 35.5. The van der Waals surface area contributed by atoms with Crippen molar-refractivity contribution < 1.29 is 0 Å². The van der Waals surface area contributed by atoms with E-state index in [0.29, 0.717) is 0 Å². The molecule has 1 rings (SSSR count). The third-order valence-electron chi connectivity index (χ3n) is 4.22. The van der Waals surface area contributed by atoms with E-state index in [1.165, 1.54) is 11.3 Å². The Morgan fingerprint density at radius 1 is 1.32 bits per heavy atom. The van der Waals surface area contributed by atoms with Gasteiger partial charge in [0.05, 0.1) is 0 Å². The van der Waals surface area contributed by atoms with Gasteiger partial charge in [0.2, 0.25) is 0 Å². The second kappa shape index (κ2) is 6.62. The molecule has 0 amide bonds. The van der Waals surface area contributed by atoms with Gasteiger partial charge in [-0.05, 0) is 50.8 Å². The van der Waals surface area contributed by atoms with E-state index in [2.05, 4.69) is 45.7 Å². The molecular formula is C16H27ClN2. The lowest BCUT2D eigenvalue weighted by molar-refractivity contribution is 0.469. The van der Waals surface area contributed by atoms with Gasteiger partial charge < -0.3 is 10.6 Å². The summed E-state index contributed by atoms with van der Waals surface area (Å²) in [7, 11) is 2.14. The highest BCUT2D eigenvalue weighted by Crippen LogP contribution is 2.33. The van der Waals surface area contributed by atoms with Crippen LogP contribution < -0.4 is 10.6 Å². The van der Waals surface area contributed by atoms with Crippen molar-refractivity contribution >= 4 is 17.3 Å². The first kappa shape index (κ1) is 16.3. The van der Waals surface area contributed by atoms with Crippen molar-refractivity contribution in [1.82, 2.24) is 0 Å². The van der Waals surface area contributed by atoms with Crippen LogP contribution in [0.25, 0.3) is 0 Å². The highest BCUT2D eigenvalue weighted by molar-refractivity contribution is 6.31. The zero-order valence-corrected chi connectivity index (χ0v) is 13.6. The Labute approximate surface area is 122 Å². The molecule has 0 fully saturated rings. The third-order valence-corrected chi connectivity index (χ3v) is 4.57. The molecule has 0 saturated heterocycles. The van der Waals surface area contributed by atoms with Crippen molar-refractivity contribution in [1.29, 1.82) is 0 Å². The van der Waals surface area contributed by atoms with Crippen molar-refractivity contribution in [2.75, 3.05) is 11.9 Å². The molecule has 0 aliphatic rings. The molecule has 2 N–H and O–H groups in total. The van der Waals surface area contributed by atoms with E-state index in [4.69, 9.17) is 17.3 Å². The van der Waals surface area contributed by atoms with Gasteiger partial charge in [-0.1, -0.05) is 31.5 Å². The molecule has 0 saturated carbocycles. The van der Waals surface area contributed by atoms with Gasteiger partial charge in [-0.2, -0.15) is 0 Å². The maximum atomic E-state index is 6.39. The van der Waals surface area contributed by atoms with Gasteiger partial charge in [0.15, 0.2) is 0 Å². The van der Waals surface area contributed by atoms with Gasteiger partial charge in [0, 0.05) is 29.3 Å². The molecule has 0 radical (unpaired) electrons. The summed E-state index contributed by atoms with van der Waals surface area (Å²) in [6.45, 7) is 8.81. The third kappa shape index (κ3) is 3.87. The van der Waals surface area contributed by atoms with Crippen LogP contribution in [0.1, 0.15) is 46.1 Å². The van der Waals surface area contributed by atoms with Gasteiger partial charge >= 0.3 is 0 Å². The smallest absolute Gasteiger partial charge is 0.0459 e. The second-order valence-corrected chi connectivity index (χ2v) is 6.24. The quantitative estimate of drug-likeness (QED) is 0.845. The average molecular weight is 283 g/mol. The molecule has 0 aliphatic carbocycles. The SMILES string of the molecule is CCC(N)Cc1c(Cl)cccc1N(C)C(C)(C)CC. The van der Waals surface area contributed by atoms with Crippen LogP contribution in [0.5, 0.6) is 0 Å². The van der Waals surface area contributed by atoms with Crippen LogP contribution in [-0.4, -0.2) is 18.6 Å². The Kier molecular flexibility index (Phi) is 5.69. The van der Waals surface area contributed by atoms with Crippen LogP contribution in [0.3, 0.4) is 0 Å². The lowest BCUT2D eigenvalue weighted by Gasteiger charge is -2.38. The Bertz CT molecular complexity index is 415. The largest absolute Gasteiger partial charge is 0.369 e. The van der Waals surface area contributed by atoms with Crippen molar-refractivity contribution in [3.8, 4) is 0 Å². The van der Waals surface area contributed by atoms with Gasteiger partial charge in [-0.25, -0.2) is 0 Å². The molecule has 1 aromatic carbocycles. The Hall–Kier alpha value is -0.730. The number of benzene rings is 1. The van der Waals surface area contributed by atoms with Gasteiger partial charge in [0.1, 0.15) is 0 Å². The molecule has 0 spiro atoms. The summed E-state index contributed by atoms with van der Waals surface area (Å²) in [4.78, 5) is 2.32. The Morgan fingerprint density at radius 3 is 2.47 bits per heavy atom. The molecule has 0 aliphatic heterocycles. The number of anilines is 1. The number of hydrogen-bond acceptors (Lipinski definition) is 2. The normalized spacial score (nSPS) is 13.4. The number of nitrogens with zero attached hydrogens (tertiary/aromatic N) is 1. The maximum Gasteiger partial charge on any atom is 0.0459 e. The fourth-order valence-corrected chi connectivity index (χ4v) is 2.28. The number of hydrogen-bond donors (Lipinski definition) is 1. The molecule has 0 heterocycles. The summed E-state index contributed by atoms with van der Waals surface area (Å²) in [5.41, 5.74) is 8.58. The van der Waals surface area contributed by atoms with E-state index in [-0.39, 0.29) is 11.6 Å². The van der Waals surface area contributed by atoms with Crippen LogP contribution in [0, 0.1) is 0 Å². The maximum absolute atomic E-state index is 6.39. The molecular weight excluding hydrogens is 256 g/mol. The van der Waals surface area contributed by atoms with E-state index in [9.17, 15) is 0 Å². The number of halogens is 1. The summed E-state index contributed by atoms with van der Waals surface area (Å²) in [6, 6.07) is 6.27. The van der Waals surface area contributed by atoms with Crippen LogP contribution in [0.4, 0.5) is 5.69 Å². The second-order valence-electron chi connectivity index (χ2n) is 5.83. The topological polar surface area (TPSA) is 29.3 Å². The van der Waals surface area contributed by atoms with Gasteiger partial charge in [-0.15, -0.1) is 0 Å². The molecule has 1 unspecified atom stereocenters. The first-order chi connectivity index (χ1) is 8.83. The van der Waals surface area contributed by atoms with Crippen LogP contribution in [-0.2, 0) is 6.42 Å². The van der Waals surface area contributed by atoms with Crippen molar-refractivity contribution in [3.05, 3.63) is 28.8 Å². The van der Waals surface area contributed by atoms with Gasteiger partial charge in [0.25, 0.3) is 0 Å². The molecule has 108 valence electrons. The summed E-state index contributed by atoms with van der Waals surface area (Å²) < 4.78 is 0. The zero-order valence-electron chi connectivity index (χ0n) is 12.8. The van der Waals surface area contributed by atoms with Crippen molar-refractivity contribution in [3.63, 3.8) is 0 Å². The highest BCUT2D eigenvalue weighted by Gasteiger charge is 2.24. The minimum atomic E-state index is 0.107. The molecule has 0 bridgehead atoms. The minimum absolute atomic E-state index is 0.107. The molecule has 19 heavy (non-hydrogen) atoms. The summed E-state index contributed by atoms with van der Waals surface area (Å²) in [5.74, 6) is 0. The van der Waals surface area contributed by atoms with Crippen LogP contribution in [0.2, 0.25) is 5.02 Å². The van der Waals surface area contributed by atoms with E-state index in [1.54, 1.807) is 0 Å². The fourth-order valence-electron chi connectivity index (χ4n) is 2.03. The molecule has 1 aromatic rings. The number of nitrogens with two attached hydrogens (primary N) is 1. The average Bonchev–Trinajstić information content (AvgIpc) is 2.39. The molecule has 1 atom stereocenters. The standard InChI is InChI=1S/C16H27ClN2/c1-6-12(18)11-13-14(17)9-8-10-15(13)19(5)16(3,4)7-2/h8-10,12H,6-7,11,18H2,1-5H3.